The van der Waals surface area contributed by atoms with Gasteiger partial charge in [-0.05, 0) is 24.6 Å². The Kier molecular flexibility index (Phi) is 3.79. The standard InChI is InChI=1S/C17H16N2O2/c20-10-4-7-16-18-14-9-8-13(11-15(14)19-16)17(21)12-5-2-1-3-6-12/h1-3,5-6,8-9,11,20H,4,7,10H2,(H,18,19). The number of nitrogens with one attached hydrogen (secondary N) is 1. The fourth-order valence-corrected chi connectivity index (χ4v) is 2.32. The molecule has 4 nitrogen and oxygen atoms in total. The van der Waals surface area contributed by atoms with E-state index in [1.807, 2.05) is 42.5 Å². The van der Waals surface area contributed by atoms with Gasteiger partial charge in [-0.3, -0.25) is 4.79 Å². The molecule has 0 saturated heterocycles. The summed E-state index contributed by atoms with van der Waals surface area (Å²) < 4.78 is 0. The molecule has 0 amide bonds. The van der Waals surface area contributed by atoms with E-state index in [9.17, 15) is 4.79 Å². The molecule has 0 fully saturated rings. The quantitative estimate of drug-likeness (QED) is 0.706. The molecule has 0 unspecified atom stereocenters. The molecular formula is C17H16N2O2. The highest BCUT2D eigenvalue weighted by atomic mass is 16.2. The van der Waals surface area contributed by atoms with Gasteiger partial charge in [0.2, 0.25) is 0 Å². The number of aromatic amines is 1. The minimum absolute atomic E-state index is 0.00371. The first-order chi connectivity index (χ1) is 10.3. The number of aliphatic hydroxyl groups is 1. The van der Waals surface area contributed by atoms with Gasteiger partial charge < -0.3 is 10.1 Å². The van der Waals surface area contributed by atoms with Crippen molar-refractivity contribution in [2.45, 2.75) is 12.8 Å². The van der Waals surface area contributed by atoms with E-state index in [4.69, 9.17) is 5.11 Å². The molecule has 1 aromatic heterocycles. The molecule has 0 atom stereocenters. The van der Waals surface area contributed by atoms with E-state index < -0.39 is 0 Å². The number of aryl methyl sites for hydroxylation is 1. The zero-order valence-corrected chi connectivity index (χ0v) is 11.5. The van der Waals surface area contributed by atoms with Crippen molar-refractivity contribution >= 4 is 16.8 Å². The Bertz CT molecular complexity index is 763. The average molecular weight is 280 g/mol. The monoisotopic (exact) mass is 280 g/mol. The summed E-state index contributed by atoms with van der Waals surface area (Å²) in [4.78, 5) is 20.0. The molecular weight excluding hydrogens is 264 g/mol. The first kappa shape index (κ1) is 13.5. The van der Waals surface area contributed by atoms with Crippen LogP contribution in [0.4, 0.5) is 0 Å². The maximum Gasteiger partial charge on any atom is 0.193 e. The smallest absolute Gasteiger partial charge is 0.193 e. The number of fused-ring (bicyclic) bond motifs is 1. The highest BCUT2D eigenvalue weighted by molar-refractivity contribution is 6.10. The number of aromatic nitrogens is 2. The van der Waals surface area contributed by atoms with Gasteiger partial charge in [0, 0.05) is 24.2 Å². The lowest BCUT2D eigenvalue weighted by Crippen LogP contribution is -2.00. The van der Waals surface area contributed by atoms with Crippen LogP contribution in [0.1, 0.15) is 28.2 Å². The SMILES string of the molecule is O=C(c1ccccc1)c1ccc2nc(CCCO)[nH]c2c1. The maximum absolute atomic E-state index is 12.4. The van der Waals surface area contributed by atoms with Crippen LogP contribution in [0.3, 0.4) is 0 Å². The van der Waals surface area contributed by atoms with Crippen LogP contribution >= 0.6 is 0 Å². The average Bonchev–Trinajstić information content (AvgIpc) is 2.95. The van der Waals surface area contributed by atoms with Gasteiger partial charge in [0.15, 0.2) is 5.78 Å². The molecule has 4 heteroatoms. The molecule has 0 radical (unpaired) electrons. The number of rotatable bonds is 5. The van der Waals surface area contributed by atoms with Gasteiger partial charge in [0.25, 0.3) is 0 Å². The van der Waals surface area contributed by atoms with E-state index in [0.29, 0.717) is 24.0 Å². The normalized spacial score (nSPS) is 10.9. The van der Waals surface area contributed by atoms with Gasteiger partial charge >= 0.3 is 0 Å². The van der Waals surface area contributed by atoms with Gasteiger partial charge in [-0.15, -0.1) is 0 Å². The van der Waals surface area contributed by atoms with E-state index in [2.05, 4.69) is 9.97 Å². The number of hydrogen-bond acceptors (Lipinski definition) is 3. The molecule has 2 aromatic carbocycles. The summed E-state index contributed by atoms with van der Waals surface area (Å²) >= 11 is 0. The molecule has 21 heavy (non-hydrogen) atoms. The van der Waals surface area contributed by atoms with Crippen molar-refractivity contribution < 1.29 is 9.90 Å². The van der Waals surface area contributed by atoms with Crippen molar-refractivity contribution in [1.82, 2.24) is 9.97 Å². The summed E-state index contributed by atoms with van der Waals surface area (Å²) in [5.41, 5.74) is 3.01. The minimum Gasteiger partial charge on any atom is -0.396 e. The Balaban J connectivity index is 1.92. The number of imidazole rings is 1. The second-order valence-electron chi connectivity index (χ2n) is 4.94. The number of hydrogen-bond donors (Lipinski definition) is 2. The van der Waals surface area contributed by atoms with Gasteiger partial charge in [0.05, 0.1) is 11.0 Å². The van der Waals surface area contributed by atoms with Gasteiger partial charge in [-0.2, -0.15) is 0 Å². The summed E-state index contributed by atoms with van der Waals surface area (Å²) in [5, 5.41) is 8.86. The predicted molar refractivity (Wildman–Crippen MR) is 81.4 cm³/mol. The van der Waals surface area contributed by atoms with E-state index in [1.54, 1.807) is 6.07 Å². The van der Waals surface area contributed by atoms with Crippen LogP contribution in [0, 0.1) is 0 Å². The van der Waals surface area contributed by atoms with Crippen LogP contribution in [0.25, 0.3) is 11.0 Å². The Morgan fingerprint density at radius 3 is 2.67 bits per heavy atom. The van der Waals surface area contributed by atoms with Gasteiger partial charge in [-0.1, -0.05) is 30.3 Å². The lowest BCUT2D eigenvalue weighted by molar-refractivity contribution is 0.103. The van der Waals surface area contributed by atoms with Crippen LogP contribution < -0.4 is 0 Å². The largest absolute Gasteiger partial charge is 0.396 e. The lowest BCUT2D eigenvalue weighted by atomic mass is 10.0. The Morgan fingerprint density at radius 1 is 1.10 bits per heavy atom. The zero-order valence-electron chi connectivity index (χ0n) is 11.5. The molecule has 0 aliphatic heterocycles. The van der Waals surface area contributed by atoms with Crippen molar-refractivity contribution in [2.75, 3.05) is 6.61 Å². The molecule has 0 aliphatic carbocycles. The summed E-state index contributed by atoms with van der Waals surface area (Å²) in [6, 6.07) is 14.7. The molecule has 106 valence electrons. The van der Waals surface area contributed by atoms with E-state index in [-0.39, 0.29) is 12.4 Å². The van der Waals surface area contributed by atoms with Crippen molar-refractivity contribution in [2.24, 2.45) is 0 Å². The van der Waals surface area contributed by atoms with Crippen LogP contribution in [-0.2, 0) is 6.42 Å². The van der Waals surface area contributed by atoms with Crippen LogP contribution in [-0.4, -0.2) is 27.5 Å². The van der Waals surface area contributed by atoms with Gasteiger partial charge in [0.1, 0.15) is 5.82 Å². The summed E-state index contributed by atoms with van der Waals surface area (Å²) in [7, 11) is 0. The van der Waals surface area contributed by atoms with Crippen LogP contribution in [0.2, 0.25) is 0 Å². The van der Waals surface area contributed by atoms with Crippen molar-refractivity contribution in [3.63, 3.8) is 0 Å². The summed E-state index contributed by atoms with van der Waals surface area (Å²) in [5.74, 6) is 0.840. The van der Waals surface area contributed by atoms with E-state index >= 15 is 0 Å². The van der Waals surface area contributed by atoms with E-state index in [0.717, 1.165) is 16.9 Å². The first-order valence-corrected chi connectivity index (χ1v) is 6.97. The third-order valence-corrected chi connectivity index (χ3v) is 3.40. The molecule has 1 heterocycles. The summed E-state index contributed by atoms with van der Waals surface area (Å²) in [6.07, 6.45) is 1.38. The Hall–Kier alpha value is -2.46. The number of carbonyl (C=O) groups excluding carboxylic acids is 1. The minimum atomic E-state index is 0.00371. The molecule has 0 saturated carbocycles. The van der Waals surface area contributed by atoms with Gasteiger partial charge in [-0.25, -0.2) is 4.98 Å². The fourth-order valence-electron chi connectivity index (χ4n) is 2.32. The lowest BCUT2D eigenvalue weighted by Gasteiger charge is -2.00. The number of benzene rings is 2. The highest BCUT2D eigenvalue weighted by Gasteiger charge is 2.10. The fraction of sp³-hybridized carbons (Fsp3) is 0.176. The van der Waals surface area contributed by atoms with Crippen molar-refractivity contribution in [3.05, 3.63) is 65.5 Å². The molecule has 3 rings (SSSR count). The van der Waals surface area contributed by atoms with Crippen LogP contribution in [0.5, 0.6) is 0 Å². The molecule has 0 spiro atoms. The maximum atomic E-state index is 12.4. The number of H-pyrrole nitrogens is 1. The Labute approximate surface area is 122 Å². The van der Waals surface area contributed by atoms with Crippen LogP contribution in [0.15, 0.2) is 48.5 Å². The summed E-state index contributed by atoms with van der Waals surface area (Å²) in [6.45, 7) is 0.148. The third-order valence-electron chi connectivity index (χ3n) is 3.40. The topological polar surface area (TPSA) is 66.0 Å². The number of nitrogens with zero attached hydrogens (tertiary/aromatic N) is 1. The second-order valence-corrected chi connectivity index (χ2v) is 4.94. The molecule has 0 aliphatic rings. The second kappa shape index (κ2) is 5.89. The highest BCUT2D eigenvalue weighted by Crippen LogP contribution is 2.17. The third kappa shape index (κ3) is 2.85. The number of ketones is 1. The number of carbonyl (C=O) groups is 1. The Morgan fingerprint density at radius 2 is 1.90 bits per heavy atom. The zero-order chi connectivity index (χ0) is 14.7. The molecule has 0 bridgehead atoms. The van der Waals surface area contributed by atoms with E-state index in [1.165, 1.54) is 0 Å². The number of aliphatic hydroxyl groups excluding tert-OH is 1. The van der Waals surface area contributed by atoms with Crippen molar-refractivity contribution in [3.8, 4) is 0 Å². The molecule has 3 aromatic rings. The first-order valence-electron chi connectivity index (χ1n) is 6.97. The predicted octanol–water partition coefficient (Wildman–Crippen LogP) is 2.72. The van der Waals surface area contributed by atoms with Crippen molar-refractivity contribution in [1.29, 1.82) is 0 Å². The molecule has 2 N–H and O–H groups in total.